The lowest BCUT2D eigenvalue weighted by Crippen LogP contribution is -2.25. The Morgan fingerprint density at radius 2 is 1.46 bits per heavy atom. The van der Waals surface area contributed by atoms with E-state index in [-0.39, 0.29) is 5.92 Å². The van der Waals surface area contributed by atoms with Gasteiger partial charge in [-0.3, -0.25) is 4.79 Å². The predicted octanol–water partition coefficient (Wildman–Crippen LogP) is 5.02. The summed E-state index contributed by atoms with van der Waals surface area (Å²) in [5, 5.41) is 19.3. The molecule has 1 aliphatic rings. The van der Waals surface area contributed by atoms with Crippen molar-refractivity contribution in [1.82, 2.24) is 15.0 Å². The number of nitrogens with zero attached hydrogens (tertiary/aromatic N) is 3. The second kappa shape index (κ2) is 11.6. The maximum Gasteiger partial charge on any atom is 0.306 e. The minimum atomic E-state index is -0.678. The molecule has 0 spiro atoms. The van der Waals surface area contributed by atoms with Crippen molar-refractivity contribution in [3.8, 4) is 0 Å². The second-order valence-corrected chi connectivity index (χ2v) is 9.29. The van der Waals surface area contributed by atoms with Crippen LogP contribution in [0.4, 0.5) is 17.8 Å². The van der Waals surface area contributed by atoms with Gasteiger partial charge in [-0.15, -0.1) is 0 Å². The molecule has 1 saturated carbocycles. The number of benzene rings is 2. The highest BCUT2D eigenvalue weighted by molar-refractivity contribution is 5.70. The van der Waals surface area contributed by atoms with Gasteiger partial charge in [-0.25, -0.2) is 0 Å². The molecule has 0 amide bonds. The first kappa shape index (κ1) is 24.4. The van der Waals surface area contributed by atoms with Crippen LogP contribution in [0.1, 0.15) is 47.9 Å². The topological polar surface area (TPSA) is 112 Å². The summed E-state index contributed by atoms with van der Waals surface area (Å²) in [6.07, 6.45) is 3.24. The molecule has 0 aliphatic heterocycles. The van der Waals surface area contributed by atoms with E-state index < -0.39 is 5.97 Å². The van der Waals surface area contributed by atoms with Crippen LogP contribution < -0.4 is 16.0 Å². The largest absolute Gasteiger partial charge is 0.481 e. The number of nitrogens with one attached hydrogen (secondary N) is 3. The number of carboxylic acids is 1. The van der Waals surface area contributed by atoms with E-state index in [9.17, 15) is 9.90 Å². The molecule has 184 valence electrons. The molecule has 0 atom stereocenters. The van der Waals surface area contributed by atoms with Crippen LogP contribution in [0.25, 0.3) is 0 Å². The van der Waals surface area contributed by atoms with Crippen molar-refractivity contribution in [2.24, 2.45) is 11.8 Å². The Kier molecular flexibility index (Phi) is 8.13. The zero-order chi connectivity index (χ0) is 24.6. The van der Waals surface area contributed by atoms with Crippen LogP contribution in [0.15, 0.2) is 48.5 Å². The third-order valence-electron chi connectivity index (χ3n) is 6.83. The number of aromatic nitrogens is 3. The number of carboxylic acid groups (broad SMARTS) is 1. The van der Waals surface area contributed by atoms with Gasteiger partial charge in [-0.1, -0.05) is 48.5 Å². The predicted molar refractivity (Wildman–Crippen MR) is 138 cm³/mol. The lowest BCUT2D eigenvalue weighted by atomic mass is 9.82. The van der Waals surface area contributed by atoms with E-state index in [0.717, 1.165) is 31.2 Å². The number of hydrogen-bond acceptors (Lipinski definition) is 7. The molecule has 4 N–H and O–H groups in total. The third kappa shape index (κ3) is 6.91. The van der Waals surface area contributed by atoms with E-state index in [0.29, 0.717) is 43.4 Å². The molecule has 0 bridgehead atoms. The summed E-state index contributed by atoms with van der Waals surface area (Å²) in [6, 6.07) is 16.4. The normalized spacial score (nSPS) is 17.5. The highest BCUT2D eigenvalue weighted by Gasteiger charge is 2.25. The molecule has 1 aromatic heterocycles. The van der Waals surface area contributed by atoms with Gasteiger partial charge in [0.15, 0.2) is 0 Å². The standard InChI is InChI=1S/C27H34N6O2/c1-18-7-6-10-23(19(18)2)17-30-27-32-25(28-15-20-8-4-3-5-9-20)31-26(33-27)29-16-21-11-13-22(14-12-21)24(34)35/h3-10,21-22H,11-17H2,1-2H3,(H,34,35)(H3,28,29,30,31,32,33)/t21-,22-. The van der Waals surface area contributed by atoms with Gasteiger partial charge < -0.3 is 21.1 Å². The molecular weight excluding hydrogens is 440 g/mol. The molecule has 2 aromatic carbocycles. The van der Waals surface area contributed by atoms with Crippen LogP contribution in [0.2, 0.25) is 0 Å². The molecule has 3 aromatic rings. The molecule has 8 heteroatoms. The lowest BCUT2D eigenvalue weighted by Gasteiger charge is -2.26. The van der Waals surface area contributed by atoms with Crippen molar-refractivity contribution < 1.29 is 9.90 Å². The zero-order valence-corrected chi connectivity index (χ0v) is 20.4. The van der Waals surface area contributed by atoms with Crippen molar-refractivity contribution in [2.75, 3.05) is 22.5 Å². The fourth-order valence-electron chi connectivity index (χ4n) is 4.42. The van der Waals surface area contributed by atoms with E-state index in [4.69, 9.17) is 0 Å². The Morgan fingerprint density at radius 3 is 2.11 bits per heavy atom. The van der Waals surface area contributed by atoms with E-state index in [1.54, 1.807) is 0 Å². The molecule has 35 heavy (non-hydrogen) atoms. The minimum Gasteiger partial charge on any atom is -0.481 e. The highest BCUT2D eigenvalue weighted by atomic mass is 16.4. The van der Waals surface area contributed by atoms with Gasteiger partial charge in [-0.05, 0) is 67.7 Å². The maximum atomic E-state index is 11.2. The van der Waals surface area contributed by atoms with E-state index in [1.807, 2.05) is 18.2 Å². The number of aliphatic carboxylic acids is 1. The summed E-state index contributed by atoms with van der Waals surface area (Å²) in [5.41, 5.74) is 4.85. The van der Waals surface area contributed by atoms with Gasteiger partial charge in [0, 0.05) is 19.6 Å². The monoisotopic (exact) mass is 474 g/mol. The van der Waals surface area contributed by atoms with E-state index in [1.165, 1.54) is 16.7 Å². The molecule has 1 heterocycles. The molecule has 4 rings (SSSR count). The van der Waals surface area contributed by atoms with Crippen molar-refractivity contribution >= 4 is 23.8 Å². The first-order valence-electron chi connectivity index (χ1n) is 12.3. The van der Waals surface area contributed by atoms with Crippen molar-refractivity contribution in [3.05, 3.63) is 70.8 Å². The minimum absolute atomic E-state index is 0.210. The highest BCUT2D eigenvalue weighted by Crippen LogP contribution is 2.29. The van der Waals surface area contributed by atoms with Gasteiger partial charge in [-0.2, -0.15) is 15.0 Å². The molecule has 0 radical (unpaired) electrons. The summed E-state index contributed by atoms with van der Waals surface area (Å²) in [7, 11) is 0. The molecule has 1 aliphatic carbocycles. The van der Waals surface area contributed by atoms with Crippen molar-refractivity contribution in [3.63, 3.8) is 0 Å². The van der Waals surface area contributed by atoms with Gasteiger partial charge >= 0.3 is 5.97 Å². The van der Waals surface area contributed by atoms with Gasteiger partial charge in [0.2, 0.25) is 17.8 Å². The van der Waals surface area contributed by atoms with Crippen molar-refractivity contribution in [1.29, 1.82) is 0 Å². The van der Waals surface area contributed by atoms with Gasteiger partial charge in [0.05, 0.1) is 5.92 Å². The Hall–Kier alpha value is -3.68. The number of aryl methyl sites for hydroxylation is 1. The Bertz CT molecular complexity index is 1130. The fourth-order valence-corrected chi connectivity index (χ4v) is 4.42. The fraction of sp³-hybridized carbons (Fsp3) is 0.407. The van der Waals surface area contributed by atoms with Crippen molar-refractivity contribution in [2.45, 2.75) is 52.6 Å². The number of rotatable bonds is 10. The second-order valence-electron chi connectivity index (χ2n) is 9.29. The molecule has 8 nitrogen and oxygen atoms in total. The summed E-state index contributed by atoms with van der Waals surface area (Å²) in [6.45, 7) is 6.18. The van der Waals surface area contributed by atoms with Crippen LogP contribution in [-0.4, -0.2) is 32.6 Å². The Morgan fingerprint density at radius 1 is 0.829 bits per heavy atom. The average molecular weight is 475 g/mol. The molecule has 0 unspecified atom stereocenters. The molecule has 1 fully saturated rings. The smallest absolute Gasteiger partial charge is 0.306 e. The summed E-state index contributed by atoms with van der Waals surface area (Å²) in [4.78, 5) is 25.0. The maximum absolute atomic E-state index is 11.2. The number of hydrogen-bond donors (Lipinski definition) is 4. The SMILES string of the molecule is Cc1cccc(CNc2nc(NCc3ccccc3)nc(NC[C@H]3CC[C@H](C(=O)O)CC3)n2)c1C. The van der Waals surface area contributed by atoms with Crippen LogP contribution in [-0.2, 0) is 17.9 Å². The van der Waals surface area contributed by atoms with Crippen LogP contribution in [0, 0.1) is 25.7 Å². The Labute approximate surface area is 206 Å². The molecule has 0 saturated heterocycles. The first-order chi connectivity index (χ1) is 17.0. The van der Waals surface area contributed by atoms with E-state index in [2.05, 4.69) is 75.1 Å². The third-order valence-corrected chi connectivity index (χ3v) is 6.83. The van der Waals surface area contributed by atoms with Gasteiger partial charge in [0.1, 0.15) is 0 Å². The van der Waals surface area contributed by atoms with Crippen LogP contribution in [0.3, 0.4) is 0 Å². The average Bonchev–Trinajstić information content (AvgIpc) is 2.88. The number of carbonyl (C=O) groups is 1. The zero-order valence-electron chi connectivity index (χ0n) is 20.4. The van der Waals surface area contributed by atoms with E-state index >= 15 is 0 Å². The summed E-state index contributed by atoms with van der Waals surface area (Å²) < 4.78 is 0. The van der Waals surface area contributed by atoms with Crippen LogP contribution in [0.5, 0.6) is 0 Å². The number of anilines is 3. The van der Waals surface area contributed by atoms with Crippen LogP contribution >= 0.6 is 0 Å². The quantitative estimate of drug-likeness (QED) is 0.324. The lowest BCUT2D eigenvalue weighted by molar-refractivity contribution is -0.143. The Balaban J connectivity index is 1.44. The molecular formula is C27H34N6O2. The summed E-state index contributed by atoms with van der Waals surface area (Å²) in [5.74, 6) is 1.05. The van der Waals surface area contributed by atoms with Gasteiger partial charge in [0.25, 0.3) is 0 Å². The summed E-state index contributed by atoms with van der Waals surface area (Å²) >= 11 is 0. The first-order valence-corrected chi connectivity index (χ1v) is 12.3.